The molecule has 0 bridgehead atoms. The molecule has 0 aromatic heterocycles. The first-order chi connectivity index (χ1) is 8.62. The second-order valence-corrected chi connectivity index (χ2v) is 4.68. The highest BCUT2D eigenvalue weighted by Crippen LogP contribution is 2.06. The van der Waals surface area contributed by atoms with Crippen molar-refractivity contribution in [3.63, 3.8) is 0 Å². The van der Waals surface area contributed by atoms with Crippen LogP contribution in [0.1, 0.15) is 20.8 Å². The van der Waals surface area contributed by atoms with Crippen molar-refractivity contribution >= 4 is 5.91 Å². The molecule has 0 aromatic rings. The van der Waals surface area contributed by atoms with Gasteiger partial charge < -0.3 is 4.90 Å². The third kappa shape index (κ3) is 3.97. The van der Waals surface area contributed by atoms with E-state index in [-0.39, 0.29) is 11.9 Å². The van der Waals surface area contributed by atoms with Gasteiger partial charge in [-0.3, -0.25) is 14.6 Å². The average Bonchev–Trinajstić information content (AvgIpc) is 2.43. The summed E-state index contributed by atoms with van der Waals surface area (Å²) in [6, 6.07) is 2.19. The Bertz CT molecular complexity index is 301. The number of hydrogen-bond acceptors (Lipinski definition) is 4. The lowest BCUT2D eigenvalue weighted by molar-refractivity contribution is -0.134. The molecule has 1 saturated heterocycles. The largest absolute Gasteiger partial charge is 0.339 e. The number of nitriles is 1. The van der Waals surface area contributed by atoms with E-state index >= 15 is 0 Å². The summed E-state index contributed by atoms with van der Waals surface area (Å²) in [7, 11) is 0. The first-order valence-corrected chi connectivity index (χ1v) is 6.76. The molecule has 1 aliphatic rings. The summed E-state index contributed by atoms with van der Waals surface area (Å²) in [5, 5.41) is 8.87. The second-order valence-electron chi connectivity index (χ2n) is 4.68. The maximum absolute atomic E-state index is 12.1. The van der Waals surface area contributed by atoms with Crippen molar-refractivity contribution in [1.29, 1.82) is 5.26 Å². The van der Waals surface area contributed by atoms with Gasteiger partial charge in [-0.05, 0) is 20.0 Å². The molecule has 0 saturated carbocycles. The number of likely N-dealkylation sites (N-methyl/N-ethyl adjacent to an activating group) is 1. The van der Waals surface area contributed by atoms with Crippen LogP contribution in [0.3, 0.4) is 0 Å². The van der Waals surface area contributed by atoms with Gasteiger partial charge in [0.05, 0.1) is 18.7 Å². The fraction of sp³-hybridized carbons (Fsp3) is 0.846. The van der Waals surface area contributed by atoms with Gasteiger partial charge >= 0.3 is 0 Å². The van der Waals surface area contributed by atoms with E-state index < -0.39 is 0 Å². The molecule has 0 unspecified atom stereocenters. The van der Waals surface area contributed by atoms with Gasteiger partial charge in [0, 0.05) is 26.2 Å². The molecule has 0 spiro atoms. The Labute approximate surface area is 110 Å². The summed E-state index contributed by atoms with van der Waals surface area (Å²) in [5.74, 6) is 0.211. The van der Waals surface area contributed by atoms with Crippen LogP contribution in [-0.2, 0) is 4.79 Å². The summed E-state index contributed by atoms with van der Waals surface area (Å²) in [6.45, 7) is 11.5. The Balaban J connectivity index is 2.38. The number of rotatable bonds is 5. The number of nitrogens with zero attached hydrogens (tertiary/aromatic N) is 4. The zero-order valence-electron chi connectivity index (χ0n) is 11.7. The van der Waals surface area contributed by atoms with Crippen molar-refractivity contribution in [1.82, 2.24) is 14.7 Å². The zero-order valence-corrected chi connectivity index (χ0v) is 11.7. The molecule has 1 rings (SSSR count). The van der Waals surface area contributed by atoms with E-state index in [1.807, 2.05) is 11.8 Å². The van der Waals surface area contributed by atoms with E-state index in [1.165, 1.54) is 0 Å². The van der Waals surface area contributed by atoms with Gasteiger partial charge in [0.15, 0.2) is 0 Å². The summed E-state index contributed by atoms with van der Waals surface area (Å²) in [6.07, 6.45) is 0. The van der Waals surface area contributed by atoms with E-state index in [0.29, 0.717) is 6.54 Å². The fourth-order valence-corrected chi connectivity index (χ4v) is 2.18. The van der Waals surface area contributed by atoms with Gasteiger partial charge in [-0.2, -0.15) is 5.26 Å². The molecule has 5 nitrogen and oxygen atoms in total. The molecule has 5 heteroatoms. The van der Waals surface area contributed by atoms with Crippen molar-refractivity contribution < 1.29 is 4.79 Å². The molecule has 0 aliphatic carbocycles. The van der Waals surface area contributed by atoms with Crippen LogP contribution >= 0.6 is 0 Å². The van der Waals surface area contributed by atoms with Crippen molar-refractivity contribution in [2.24, 2.45) is 0 Å². The Kier molecular flexibility index (Phi) is 6.10. The van der Waals surface area contributed by atoms with Crippen LogP contribution in [0, 0.1) is 11.3 Å². The van der Waals surface area contributed by atoms with Gasteiger partial charge in [0.1, 0.15) is 0 Å². The second kappa shape index (κ2) is 7.34. The minimum atomic E-state index is -0.0509. The number of carbonyl (C=O) groups is 1. The molecule has 0 aromatic carbocycles. The number of hydrogen-bond donors (Lipinski definition) is 0. The first kappa shape index (κ1) is 14.9. The van der Waals surface area contributed by atoms with E-state index in [2.05, 4.69) is 29.7 Å². The topological polar surface area (TPSA) is 50.6 Å². The fourth-order valence-electron chi connectivity index (χ4n) is 2.18. The maximum atomic E-state index is 12.1. The third-order valence-electron chi connectivity index (χ3n) is 3.65. The predicted octanol–water partition coefficient (Wildman–Crippen LogP) is 0.384. The van der Waals surface area contributed by atoms with E-state index in [1.54, 1.807) is 0 Å². The molecule has 102 valence electrons. The molecular formula is C13H24N4O. The van der Waals surface area contributed by atoms with Crippen molar-refractivity contribution in [3.8, 4) is 6.07 Å². The molecule has 1 amide bonds. The highest BCUT2D eigenvalue weighted by atomic mass is 16.2. The molecule has 0 radical (unpaired) electrons. The smallest absolute Gasteiger partial charge is 0.236 e. The average molecular weight is 252 g/mol. The Morgan fingerprint density at radius 2 is 1.83 bits per heavy atom. The van der Waals surface area contributed by atoms with Crippen LogP contribution in [0.5, 0.6) is 0 Å². The Morgan fingerprint density at radius 3 is 2.28 bits per heavy atom. The lowest BCUT2D eigenvalue weighted by Gasteiger charge is -2.36. The van der Waals surface area contributed by atoms with Crippen molar-refractivity contribution in [3.05, 3.63) is 0 Å². The van der Waals surface area contributed by atoms with Crippen molar-refractivity contribution in [2.75, 3.05) is 45.8 Å². The standard InChI is InChI=1S/C13H24N4O/c1-4-15(5-2)11-13(18)17-8-6-16(7-9-17)12(3)10-14/h12H,4-9,11H2,1-3H3/t12-/m1/s1. The molecule has 1 aliphatic heterocycles. The molecule has 18 heavy (non-hydrogen) atoms. The van der Waals surface area contributed by atoms with Crippen LogP contribution < -0.4 is 0 Å². The zero-order chi connectivity index (χ0) is 13.5. The van der Waals surface area contributed by atoms with Gasteiger partial charge in [-0.25, -0.2) is 0 Å². The molecular weight excluding hydrogens is 228 g/mol. The Morgan fingerprint density at radius 1 is 1.28 bits per heavy atom. The molecule has 0 N–H and O–H groups in total. The third-order valence-corrected chi connectivity index (χ3v) is 3.65. The van der Waals surface area contributed by atoms with E-state index in [4.69, 9.17) is 5.26 Å². The minimum Gasteiger partial charge on any atom is -0.339 e. The van der Waals surface area contributed by atoms with Gasteiger partial charge in [-0.1, -0.05) is 13.8 Å². The van der Waals surface area contributed by atoms with E-state index in [9.17, 15) is 4.79 Å². The highest BCUT2D eigenvalue weighted by Gasteiger charge is 2.24. The van der Waals surface area contributed by atoms with Crippen LogP contribution in [0.2, 0.25) is 0 Å². The maximum Gasteiger partial charge on any atom is 0.236 e. The lowest BCUT2D eigenvalue weighted by Crippen LogP contribution is -2.53. The number of amides is 1. The quantitative estimate of drug-likeness (QED) is 0.710. The van der Waals surface area contributed by atoms with Gasteiger partial charge in [0.25, 0.3) is 0 Å². The molecule has 1 heterocycles. The lowest BCUT2D eigenvalue weighted by atomic mass is 10.2. The van der Waals surface area contributed by atoms with Crippen LogP contribution in [0.4, 0.5) is 0 Å². The summed E-state index contributed by atoms with van der Waals surface area (Å²) in [4.78, 5) is 18.2. The van der Waals surface area contributed by atoms with Crippen LogP contribution in [-0.4, -0.2) is 72.5 Å². The number of carbonyl (C=O) groups excluding carboxylic acids is 1. The van der Waals surface area contributed by atoms with Gasteiger partial charge in [0.2, 0.25) is 5.91 Å². The van der Waals surface area contributed by atoms with Crippen LogP contribution in [0.25, 0.3) is 0 Å². The first-order valence-electron chi connectivity index (χ1n) is 6.76. The molecule has 1 fully saturated rings. The monoisotopic (exact) mass is 252 g/mol. The molecule has 1 atom stereocenters. The van der Waals surface area contributed by atoms with E-state index in [0.717, 1.165) is 39.3 Å². The predicted molar refractivity (Wildman–Crippen MR) is 71.0 cm³/mol. The highest BCUT2D eigenvalue weighted by molar-refractivity contribution is 5.78. The summed E-state index contributed by atoms with van der Waals surface area (Å²) >= 11 is 0. The minimum absolute atomic E-state index is 0.0509. The van der Waals surface area contributed by atoms with Crippen LogP contribution in [0.15, 0.2) is 0 Å². The Hall–Kier alpha value is -1.12. The SMILES string of the molecule is CCN(CC)CC(=O)N1CCN([C@H](C)C#N)CC1. The van der Waals surface area contributed by atoms with Crippen molar-refractivity contribution in [2.45, 2.75) is 26.8 Å². The summed E-state index contributed by atoms with van der Waals surface area (Å²) < 4.78 is 0. The summed E-state index contributed by atoms with van der Waals surface area (Å²) in [5.41, 5.74) is 0. The normalized spacial score (nSPS) is 18.7. The van der Waals surface area contributed by atoms with Gasteiger partial charge in [-0.15, -0.1) is 0 Å². The number of piperazine rings is 1.